The molecule has 6 bridgehead atoms. The van der Waals surface area contributed by atoms with Gasteiger partial charge in [0.1, 0.15) is 0 Å². The number of aliphatic imine (C=N–C) groups is 2. The molecular weight excluding hydrogens is 696 g/mol. The molecule has 0 fully saturated rings. The Labute approximate surface area is 321 Å². The number of benzene rings is 4. The lowest BCUT2D eigenvalue weighted by molar-refractivity contribution is 0.231. The summed E-state index contributed by atoms with van der Waals surface area (Å²) < 4.78 is 19.6. The van der Waals surface area contributed by atoms with Crippen molar-refractivity contribution in [3.8, 4) is 0 Å². The van der Waals surface area contributed by atoms with Crippen LogP contribution >= 0.6 is 8.02 Å². The predicted molar refractivity (Wildman–Crippen MR) is 225 cm³/mol. The van der Waals surface area contributed by atoms with Crippen LogP contribution in [-0.2, 0) is 9.05 Å². The summed E-state index contributed by atoms with van der Waals surface area (Å²) in [4.78, 5) is 11.0. The molecule has 2 aromatic heterocycles. The summed E-state index contributed by atoms with van der Waals surface area (Å²) in [6, 6.07) is 51.2. The maximum atomic E-state index is 7.41. The van der Waals surface area contributed by atoms with Gasteiger partial charge in [-0.25, -0.2) is 9.98 Å². The summed E-state index contributed by atoms with van der Waals surface area (Å²) in [6.07, 6.45) is 8.63. The van der Waals surface area contributed by atoms with Crippen LogP contribution in [0.4, 0.5) is 0 Å². The van der Waals surface area contributed by atoms with E-state index in [2.05, 4.69) is 192 Å². The van der Waals surface area contributed by atoms with Crippen LogP contribution in [0.5, 0.6) is 0 Å². The van der Waals surface area contributed by atoms with Crippen molar-refractivity contribution in [1.29, 1.82) is 0 Å². The summed E-state index contributed by atoms with van der Waals surface area (Å²) in [7, 11) is -3.40. The number of hydrogen-bond acceptors (Lipinski definition) is 4. The summed E-state index contributed by atoms with van der Waals surface area (Å²) >= 11 is 0. The van der Waals surface area contributed by atoms with Gasteiger partial charge in [-0.3, -0.25) is 0 Å². The largest absolute Gasteiger partial charge is 0.497 e. The Balaban J connectivity index is 1.52. The topological polar surface area (TPSA) is 53.0 Å². The Bertz CT molecular complexity index is 2620. The maximum Gasteiger partial charge on any atom is 0.497 e. The molecule has 0 amide bonds. The highest BCUT2D eigenvalue weighted by molar-refractivity contribution is 7.63. The molecule has 10 rings (SSSR count). The number of rotatable bonds is 8. The Morgan fingerprint density at radius 2 is 0.782 bits per heavy atom. The molecule has 0 N–H and O–H groups in total. The van der Waals surface area contributed by atoms with Gasteiger partial charge in [0.25, 0.3) is 0 Å². The Hall–Kier alpha value is -6.17. The third-order valence-corrected chi connectivity index (χ3v) is 13.5. The van der Waals surface area contributed by atoms with Gasteiger partial charge in [-0.05, 0) is 84.7 Å². The van der Waals surface area contributed by atoms with E-state index < -0.39 is 8.02 Å². The lowest BCUT2D eigenvalue weighted by atomic mass is 10.0. The molecule has 0 saturated carbocycles. The van der Waals surface area contributed by atoms with E-state index in [4.69, 9.17) is 19.0 Å². The highest BCUT2D eigenvalue weighted by atomic mass is 31.2. The average Bonchev–Trinajstić information content (AvgIpc) is 4.06. The minimum atomic E-state index is -3.40. The van der Waals surface area contributed by atoms with E-state index in [9.17, 15) is 0 Å². The smallest absolute Gasteiger partial charge is 0.248 e. The van der Waals surface area contributed by atoms with E-state index in [1.807, 2.05) is 0 Å². The van der Waals surface area contributed by atoms with Crippen molar-refractivity contribution in [2.75, 3.05) is 13.2 Å². The molecule has 6 aromatic rings. The van der Waals surface area contributed by atoms with Gasteiger partial charge in [0.05, 0.1) is 58.1 Å². The van der Waals surface area contributed by atoms with Gasteiger partial charge in [0.15, 0.2) is 0 Å². The molecule has 4 aliphatic rings. The molecule has 0 unspecified atom stereocenters. The van der Waals surface area contributed by atoms with Gasteiger partial charge in [0.2, 0.25) is 0 Å². The fourth-order valence-electron chi connectivity index (χ4n) is 8.26. The van der Waals surface area contributed by atoms with E-state index >= 15 is 0 Å². The van der Waals surface area contributed by atoms with Crippen LogP contribution in [0, 0.1) is 0 Å². The van der Waals surface area contributed by atoms with Crippen molar-refractivity contribution in [2.24, 2.45) is 9.98 Å². The summed E-state index contributed by atoms with van der Waals surface area (Å²) in [6.45, 7) is 4.96. The maximum absolute atomic E-state index is 7.41. The summed E-state index contributed by atoms with van der Waals surface area (Å²) in [5.41, 5.74) is 13.6. The van der Waals surface area contributed by atoms with Crippen LogP contribution in [0.15, 0.2) is 191 Å². The molecule has 4 aromatic carbocycles. The van der Waals surface area contributed by atoms with Crippen LogP contribution < -0.4 is 10.7 Å². The van der Waals surface area contributed by atoms with E-state index in [0.29, 0.717) is 13.2 Å². The first-order chi connectivity index (χ1) is 27.2. The van der Waals surface area contributed by atoms with Gasteiger partial charge in [-0.2, -0.15) is 9.05 Å². The predicted octanol–water partition coefficient (Wildman–Crippen LogP) is 9.40. The molecule has 6 nitrogen and oxygen atoms in total. The van der Waals surface area contributed by atoms with Gasteiger partial charge in [-0.15, -0.1) is 8.68 Å². The molecule has 0 atom stereocenters. The minimum Gasteiger partial charge on any atom is -0.248 e. The molecule has 55 heavy (non-hydrogen) atoms. The molecule has 4 aliphatic heterocycles. The minimum absolute atomic E-state index is 0.413. The first-order valence-corrected chi connectivity index (χ1v) is 20.4. The van der Waals surface area contributed by atoms with Crippen molar-refractivity contribution in [2.45, 2.75) is 13.8 Å². The van der Waals surface area contributed by atoms with Gasteiger partial charge >= 0.3 is 8.02 Å². The molecule has 266 valence electrons. The van der Waals surface area contributed by atoms with Crippen molar-refractivity contribution in [3.05, 3.63) is 226 Å². The van der Waals surface area contributed by atoms with Crippen molar-refractivity contribution < 1.29 is 9.05 Å². The first kappa shape index (κ1) is 33.4. The summed E-state index contributed by atoms with van der Waals surface area (Å²) in [5.74, 6) is 0. The average molecular weight is 734 g/mol. The van der Waals surface area contributed by atoms with E-state index in [0.717, 1.165) is 89.4 Å². The highest BCUT2D eigenvalue weighted by Gasteiger charge is 2.54. The van der Waals surface area contributed by atoms with Crippen molar-refractivity contribution in [1.82, 2.24) is 8.68 Å². The van der Waals surface area contributed by atoms with Crippen molar-refractivity contribution >= 4 is 41.7 Å². The molecule has 0 aliphatic carbocycles. The molecule has 0 radical (unpaired) electrons. The zero-order chi connectivity index (χ0) is 36.9. The Kier molecular flexibility index (Phi) is 8.26. The normalized spacial score (nSPS) is 16.5. The molecule has 0 spiro atoms. The fourth-order valence-corrected chi connectivity index (χ4v) is 11.4. The second-order valence-electron chi connectivity index (χ2n) is 13.6. The Morgan fingerprint density at radius 3 is 1.15 bits per heavy atom. The first-order valence-electron chi connectivity index (χ1n) is 18.8. The van der Waals surface area contributed by atoms with Crippen LogP contribution in [0.25, 0.3) is 22.3 Å². The second kappa shape index (κ2) is 13.6. The standard InChI is InChI=1S/C48H38N4O2P/c1-3-53-55(54-4-2)51-41-29-30-42(51)47(35-21-13-7-14-22-35)39-27-28-40(50-39)48(36-23-15-8-16-24-36)44-32-31-43(52(44)55)46(34-19-11-6-12-20-34)38-26-25-37(49-38)45(41)33-17-9-5-10-18-33/h5-32H,3-4H2,1-2H3/q+1. The molecule has 6 heterocycles. The van der Waals surface area contributed by atoms with E-state index in [1.54, 1.807) is 0 Å². The molecule has 0 saturated heterocycles. The number of aromatic nitrogens is 2. The third kappa shape index (κ3) is 5.29. The highest BCUT2D eigenvalue weighted by Crippen LogP contribution is 2.65. The van der Waals surface area contributed by atoms with Crippen molar-refractivity contribution in [3.63, 3.8) is 0 Å². The number of fused-ring (bicyclic) bond motifs is 2. The SMILES string of the molecule is CCO[P+]1(OCC)n2c3ccc2C(c2ccccc2)=C2C=CC(=N2)C(c2ccccc2)=c2ccc(n21)=C(c1ccccc1)C1=NC(=C3c2ccccc2)C=C1. The zero-order valence-electron chi connectivity index (χ0n) is 30.6. The molecular formula is C48H38N4O2P+. The van der Waals surface area contributed by atoms with E-state index in [-0.39, 0.29) is 0 Å². The van der Waals surface area contributed by atoms with Crippen LogP contribution in [0.2, 0.25) is 0 Å². The lowest BCUT2D eigenvalue weighted by Gasteiger charge is -2.30. The second-order valence-corrected chi connectivity index (χ2v) is 15.9. The quantitative estimate of drug-likeness (QED) is 0.147. The zero-order valence-corrected chi connectivity index (χ0v) is 31.5. The van der Waals surface area contributed by atoms with Gasteiger partial charge in [-0.1, -0.05) is 121 Å². The van der Waals surface area contributed by atoms with Gasteiger partial charge < -0.3 is 0 Å². The van der Waals surface area contributed by atoms with Crippen LogP contribution in [0.3, 0.4) is 0 Å². The van der Waals surface area contributed by atoms with Crippen LogP contribution in [0.1, 0.15) is 47.5 Å². The number of allylic oxidation sites excluding steroid dienone is 4. The lowest BCUT2D eigenvalue weighted by Crippen LogP contribution is -2.38. The van der Waals surface area contributed by atoms with Crippen LogP contribution in [-0.4, -0.2) is 33.3 Å². The Morgan fingerprint density at radius 1 is 0.418 bits per heavy atom. The molecule has 7 heteroatoms. The number of nitrogens with zero attached hydrogens (tertiary/aromatic N) is 4. The third-order valence-electron chi connectivity index (χ3n) is 10.4. The summed E-state index contributed by atoms with van der Waals surface area (Å²) in [5, 5.41) is 1.91. The van der Waals surface area contributed by atoms with Gasteiger partial charge in [0, 0.05) is 22.3 Å². The fraction of sp³-hybridized carbons (Fsp3) is 0.0833. The van der Waals surface area contributed by atoms with E-state index in [1.165, 1.54) is 0 Å². The monoisotopic (exact) mass is 733 g/mol. The number of hydrogen-bond donors (Lipinski definition) is 0.